The number of phenolic OH excluding ortho intramolecular Hbond substituents is 2. The number of benzene rings is 8. The number of para-hydroxylation sites is 4. The highest BCUT2D eigenvalue weighted by atomic mass is 16.5. The average molecular weight is 941 g/mol. The molecule has 0 heterocycles. The first-order valence-electron chi connectivity index (χ1n) is 21.1. The first kappa shape index (κ1) is 48.0. The van der Waals surface area contributed by atoms with E-state index < -0.39 is 23.9 Å². The number of hydrogen-bond acceptors (Lipinski definition) is 12. The Balaban J connectivity index is 0.000000207. The molecule has 8 aromatic carbocycles. The van der Waals surface area contributed by atoms with Crippen molar-refractivity contribution in [2.24, 2.45) is 0 Å². The molecule has 0 aliphatic carbocycles. The fraction of sp³-hybridized carbons (Fsp3) is 0.0370. The molecule has 16 heteroatoms. The monoisotopic (exact) mass is 940 g/mol. The molecule has 0 radical (unpaired) electrons. The Morgan fingerprint density at radius 2 is 0.571 bits per heavy atom. The van der Waals surface area contributed by atoms with Gasteiger partial charge in [-0.1, -0.05) is 72.8 Å². The van der Waals surface area contributed by atoms with Crippen LogP contribution in [0.5, 0.6) is 23.0 Å². The summed E-state index contributed by atoms with van der Waals surface area (Å²) in [6, 6.07) is 46.7. The average Bonchev–Trinajstić information content (AvgIpc) is 3.36. The molecule has 0 atom stereocenters. The van der Waals surface area contributed by atoms with Crippen molar-refractivity contribution < 1.29 is 59.3 Å². The Labute approximate surface area is 400 Å². The summed E-state index contributed by atoms with van der Waals surface area (Å²) in [5.74, 6) is -3.37. The van der Waals surface area contributed by atoms with Gasteiger partial charge in [0.15, 0.2) is 0 Å². The maximum Gasteiger partial charge on any atom is 0.337 e. The summed E-state index contributed by atoms with van der Waals surface area (Å²) < 4.78 is 11.1. The zero-order chi connectivity index (χ0) is 49.9. The van der Waals surface area contributed by atoms with Gasteiger partial charge in [-0.3, -0.25) is 0 Å². The molecule has 70 heavy (non-hydrogen) atoms. The molecule has 0 amide bonds. The van der Waals surface area contributed by atoms with Crippen molar-refractivity contribution in [3.8, 4) is 45.3 Å². The van der Waals surface area contributed by atoms with Crippen LogP contribution in [0.2, 0.25) is 0 Å². The Morgan fingerprint density at radius 3 is 0.829 bits per heavy atom. The van der Waals surface area contributed by atoms with Gasteiger partial charge >= 0.3 is 23.9 Å². The molecule has 8 aromatic rings. The van der Waals surface area contributed by atoms with Crippen molar-refractivity contribution in [3.05, 3.63) is 192 Å². The molecule has 0 aliphatic heterocycles. The normalized spacial score (nSPS) is 10.4. The lowest BCUT2D eigenvalue weighted by atomic mass is 10.0. The zero-order valence-electron chi connectivity index (χ0n) is 37.3. The second-order valence-corrected chi connectivity index (χ2v) is 15.2. The largest absolute Gasteiger partial charge is 0.506 e. The van der Waals surface area contributed by atoms with Gasteiger partial charge in [-0.15, -0.1) is 0 Å². The van der Waals surface area contributed by atoms with Gasteiger partial charge in [-0.05, 0) is 119 Å². The van der Waals surface area contributed by atoms with Crippen LogP contribution < -0.4 is 30.7 Å². The van der Waals surface area contributed by atoms with Crippen molar-refractivity contribution in [2.45, 2.75) is 0 Å². The second-order valence-electron chi connectivity index (χ2n) is 15.2. The highest BCUT2D eigenvalue weighted by molar-refractivity contribution is 5.98. The van der Waals surface area contributed by atoms with Crippen LogP contribution in [-0.4, -0.2) is 68.7 Å². The van der Waals surface area contributed by atoms with Crippen LogP contribution in [0, 0.1) is 0 Å². The molecule has 10 N–H and O–H groups in total. The first-order valence-corrected chi connectivity index (χ1v) is 21.1. The first-order chi connectivity index (χ1) is 33.7. The molecular formula is C54H44N4O12. The number of aromatic carboxylic acids is 4. The van der Waals surface area contributed by atoms with Crippen LogP contribution in [0.1, 0.15) is 41.4 Å². The van der Waals surface area contributed by atoms with Gasteiger partial charge in [0.25, 0.3) is 0 Å². The van der Waals surface area contributed by atoms with Gasteiger partial charge in [-0.25, -0.2) is 19.2 Å². The number of carboxylic acid groups (broad SMARTS) is 4. The lowest BCUT2D eigenvalue weighted by molar-refractivity contribution is 0.0687. The number of nitrogens with one attached hydrogen (secondary N) is 4. The molecule has 0 unspecified atom stereocenters. The lowest BCUT2D eigenvalue weighted by Gasteiger charge is -2.16. The molecule has 16 nitrogen and oxygen atoms in total. The van der Waals surface area contributed by atoms with Crippen molar-refractivity contribution in [1.29, 1.82) is 0 Å². The molecule has 8 rings (SSSR count). The summed E-state index contributed by atoms with van der Waals surface area (Å²) in [5, 5.41) is 70.7. The summed E-state index contributed by atoms with van der Waals surface area (Å²) in [6.45, 7) is 0. The zero-order valence-corrected chi connectivity index (χ0v) is 37.3. The molecule has 352 valence electrons. The summed E-state index contributed by atoms with van der Waals surface area (Å²) >= 11 is 0. The lowest BCUT2D eigenvalue weighted by Crippen LogP contribution is -2.03. The topological polar surface area (TPSA) is 256 Å². The van der Waals surface area contributed by atoms with Crippen molar-refractivity contribution >= 4 is 69.4 Å². The SMILES string of the molecule is COc1cc(-c2ccc(Nc3ccccc3C(=O)O)c(OC)c2)ccc1Nc1ccccc1C(=O)O.O=C(O)c1ccccc1Nc1ccc(-c2ccc(Nc3ccccc3C(=O)O)c(O)c2)cc1O. The molecule has 0 aliphatic rings. The summed E-state index contributed by atoms with van der Waals surface area (Å²) in [6.07, 6.45) is 0. The number of methoxy groups -OCH3 is 2. The van der Waals surface area contributed by atoms with Crippen LogP contribution in [0.3, 0.4) is 0 Å². The van der Waals surface area contributed by atoms with Gasteiger partial charge in [0, 0.05) is 0 Å². The fourth-order valence-corrected chi connectivity index (χ4v) is 7.28. The van der Waals surface area contributed by atoms with E-state index in [0.29, 0.717) is 68.1 Å². The van der Waals surface area contributed by atoms with Gasteiger partial charge in [0.2, 0.25) is 0 Å². The standard InChI is InChI=1S/C28H24N2O6.C26H20N2O6/c1-35-25-15-17(11-13-23(25)29-21-9-5-3-7-19(21)27(31)32)18-12-14-24(26(16-18)36-2)30-22-10-6-4-8-20(22)28(33)34;29-23-13-15(9-11-21(23)27-19-7-3-1-5-17(19)25(31)32)16-10-12-22(24(30)14-16)28-20-8-4-2-6-18(20)26(33)34/h3-16,29-30H,1-2H3,(H,31,32)(H,33,34);1-14,27-30H,(H,31,32)(H,33,34). The quantitative estimate of drug-likeness (QED) is 0.0404. The number of hydrogen-bond donors (Lipinski definition) is 10. The van der Waals surface area contributed by atoms with Crippen LogP contribution in [0.15, 0.2) is 170 Å². The minimum absolute atomic E-state index is 0.0726. The third-order valence-electron chi connectivity index (χ3n) is 10.8. The Morgan fingerprint density at radius 1 is 0.329 bits per heavy atom. The van der Waals surface area contributed by atoms with E-state index in [0.717, 1.165) is 11.1 Å². The molecule has 0 saturated carbocycles. The van der Waals surface area contributed by atoms with E-state index >= 15 is 0 Å². The summed E-state index contributed by atoms with van der Waals surface area (Å²) in [4.78, 5) is 45.9. The van der Waals surface area contributed by atoms with Gasteiger partial charge < -0.3 is 61.4 Å². The van der Waals surface area contributed by atoms with Crippen LogP contribution in [0.4, 0.5) is 45.5 Å². The van der Waals surface area contributed by atoms with E-state index in [1.807, 2.05) is 36.4 Å². The molecule has 0 bridgehead atoms. The van der Waals surface area contributed by atoms with E-state index in [-0.39, 0.29) is 33.8 Å². The van der Waals surface area contributed by atoms with Gasteiger partial charge in [0.05, 0.1) is 82.0 Å². The number of ether oxygens (including phenoxy) is 2. The van der Waals surface area contributed by atoms with E-state index in [1.165, 1.54) is 36.4 Å². The minimum Gasteiger partial charge on any atom is -0.506 e. The fourth-order valence-electron chi connectivity index (χ4n) is 7.28. The minimum atomic E-state index is -1.09. The molecule has 0 saturated heterocycles. The maximum absolute atomic E-state index is 11.5. The number of carboxylic acids is 4. The Bertz CT molecular complexity index is 3050. The number of carbonyl (C=O) groups is 4. The molecular weight excluding hydrogens is 897 g/mol. The Kier molecular flexibility index (Phi) is 14.8. The van der Waals surface area contributed by atoms with Gasteiger partial charge in [0.1, 0.15) is 23.0 Å². The molecule has 0 spiro atoms. The predicted octanol–water partition coefficient (Wildman–Crippen LogP) is 11.9. The number of aromatic hydroxyl groups is 2. The third-order valence-corrected chi connectivity index (χ3v) is 10.8. The number of phenols is 2. The van der Waals surface area contributed by atoms with Crippen LogP contribution in [-0.2, 0) is 0 Å². The smallest absolute Gasteiger partial charge is 0.337 e. The van der Waals surface area contributed by atoms with Crippen LogP contribution in [0.25, 0.3) is 22.3 Å². The Hall–Kier alpha value is -9.96. The molecule has 0 fully saturated rings. The third kappa shape index (κ3) is 11.2. The second kappa shape index (κ2) is 21.6. The van der Waals surface area contributed by atoms with E-state index in [2.05, 4.69) is 21.3 Å². The predicted molar refractivity (Wildman–Crippen MR) is 267 cm³/mol. The van der Waals surface area contributed by atoms with E-state index in [9.17, 15) is 49.8 Å². The highest BCUT2D eigenvalue weighted by Crippen LogP contribution is 2.39. The van der Waals surface area contributed by atoms with Crippen molar-refractivity contribution in [2.75, 3.05) is 35.5 Å². The van der Waals surface area contributed by atoms with Crippen molar-refractivity contribution in [3.63, 3.8) is 0 Å². The van der Waals surface area contributed by atoms with Crippen molar-refractivity contribution in [1.82, 2.24) is 0 Å². The van der Waals surface area contributed by atoms with Crippen LogP contribution >= 0.6 is 0 Å². The van der Waals surface area contributed by atoms with E-state index in [1.54, 1.807) is 111 Å². The molecule has 0 aromatic heterocycles. The van der Waals surface area contributed by atoms with E-state index in [4.69, 9.17) is 9.47 Å². The summed E-state index contributed by atoms with van der Waals surface area (Å²) in [7, 11) is 3.09. The summed E-state index contributed by atoms with van der Waals surface area (Å²) in [5.41, 5.74) is 6.84. The van der Waals surface area contributed by atoms with Gasteiger partial charge in [-0.2, -0.15) is 0 Å². The number of rotatable bonds is 16. The number of anilines is 8. The maximum atomic E-state index is 11.5. The highest BCUT2D eigenvalue weighted by Gasteiger charge is 2.17.